The molecule has 10 heteroatoms. The minimum atomic E-state index is -4.94. The van der Waals surface area contributed by atoms with Gasteiger partial charge in [0.05, 0.1) is 11.9 Å². The summed E-state index contributed by atoms with van der Waals surface area (Å²) in [6.45, 7) is 6.20. The number of nitrogens with zero attached hydrogens (tertiary/aromatic N) is 4. The number of carboxylic acid groups (broad SMARTS) is 1. The number of alkyl halides is 3. The lowest BCUT2D eigenvalue weighted by Crippen LogP contribution is -2.26. The lowest BCUT2D eigenvalue weighted by Gasteiger charge is -2.26. The van der Waals surface area contributed by atoms with Gasteiger partial charge in [0, 0.05) is 18.7 Å². The molecule has 3 heterocycles. The minimum Gasteiger partial charge on any atom is -0.488 e. The highest BCUT2D eigenvalue weighted by Gasteiger charge is 2.41. The van der Waals surface area contributed by atoms with E-state index in [-0.39, 0.29) is 5.82 Å². The molecule has 0 atom stereocenters. The average molecular weight is 537 g/mol. The van der Waals surface area contributed by atoms with Crippen molar-refractivity contribution < 1.29 is 27.8 Å². The maximum atomic E-state index is 13.8. The maximum Gasteiger partial charge on any atom is 0.434 e. The number of fused-ring (bicyclic) bond motifs is 1. The molecule has 0 fully saturated rings. The number of ether oxygens (including phenoxy) is 1. The Bertz CT molecular complexity index is 1560. The van der Waals surface area contributed by atoms with Crippen LogP contribution < -0.4 is 4.74 Å². The summed E-state index contributed by atoms with van der Waals surface area (Å²) >= 11 is 0. The van der Waals surface area contributed by atoms with E-state index < -0.39 is 23.4 Å². The van der Waals surface area contributed by atoms with E-state index >= 15 is 0 Å². The van der Waals surface area contributed by atoms with Crippen molar-refractivity contribution in [2.45, 2.75) is 39.6 Å². The first-order valence-corrected chi connectivity index (χ1v) is 12.4. The lowest BCUT2D eigenvalue weighted by atomic mass is 9.94. The number of aryl methyl sites for hydroxylation is 2. The van der Waals surface area contributed by atoms with Crippen LogP contribution in [0.3, 0.4) is 0 Å². The smallest absolute Gasteiger partial charge is 0.434 e. The van der Waals surface area contributed by atoms with Crippen LogP contribution in [0.25, 0.3) is 17.1 Å². The van der Waals surface area contributed by atoms with Crippen molar-refractivity contribution in [2.75, 3.05) is 13.6 Å². The second kappa shape index (κ2) is 10.2. The first kappa shape index (κ1) is 26.4. The van der Waals surface area contributed by atoms with E-state index in [1.54, 1.807) is 12.1 Å². The monoisotopic (exact) mass is 536 g/mol. The van der Waals surface area contributed by atoms with Crippen LogP contribution in [-0.4, -0.2) is 44.3 Å². The lowest BCUT2D eigenvalue weighted by molar-refractivity contribution is -0.143. The molecule has 1 aliphatic rings. The molecular formula is C29H27F3N4O3. The standard InChI is InChI=1S/C29H27F3N4O3/c1-17-7-8-25(39-16-21-13-19-9-10-35(3)15-20(19)12-18(21)2)22(11-17)24-5-4-6-26(34-24)36-27(29(30,31)32)23(14-33-36)28(37)38/h4-8,11-14H,9-10,15-16H2,1-3H3,(H,37,38). The van der Waals surface area contributed by atoms with Crippen molar-refractivity contribution in [1.82, 2.24) is 19.7 Å². The molecule has 39 heavy (non-hydrogen) atoms. The van der Waals surface area contributed by atoms with Gasteiger partial charge < -0.3 is 14.7 Å². The fourth-order valence-corrected chi connectivity index (χ4v) is 4.85. The van der Waals surface area contributed by atoms with Crippen LogP contribution in [0.4, 0.5) is 13.2 Å². The molecule has 0 unspecified atom stereocenters. The van der Waals surface area contributed by atoms with Crippen LogP contribution in [0.15, 0.2) is 54.7 Å². The summed E-state index contributed by atoms with van der Waals surface area (Å²) < 4.78 is 48.1. The van der Waals surface area contributed by atoms with Gasteiger partial charge in [-0.3, -0.25) is 0 Å². The molecule has 0 amide bonds. The number of aromatic carboxylic acids is 1. The molecule has 202 valence electrons. The van der Waals surface area contributed by atoms with E-state index in [2.05, 4.69) is 41.1 Å². The predicted octanol–water partition coefficient (Wildman–Crippen LogP) is 5.84. The number of halogens is 3. The number of carbonyl (C=O) groups is 1. The van der Waals surface area contributed by atoms with Gasteiger partial charge in [0.25, 0.3) is 0 Å². The predicted molar refractivity (Wildman–Crippen MR) is 139 cm³/mol. The molecule has 0 bridgehead atoms. The fourth-order valence-electron chi connectivity index (χ4n) is 4.85. The maximum absolute atomic E-state index is 13.8. The highest BCUT2D eigenvalue weighted by Crippen LogP contribution is 2.35. The molecule has 1 aliphatic heterocycles. The number of hydrogen-bond acceptors (Lipinski definition) is 5. The van der Waals surface area contributed by atoms with E-state index in [9.17, 15) is 23.1 Å². The first-order valence-electron chi connectivity index (χ1n) is 12.4. The first-order chi connectivity index (χ1) is 18.5. The van der Waals surface area contributed by atoms with Crippen LogP contribution in [0.2, 0.25) is 0 Å². The second-order valence-electron chi connectivity index (χ2n) is 9.83. The minimum absolute atomic E-state index is 0.157. The Labute approximate surface area is 223 Å². The van der Waals surface area contributed by atoms with Gasteiger partial charge in [0.1, 0.15) is 17.9 Å². The van der Waals surface area contributed by atoms with Crippen molar-refractivity contribution >= 4 is 5.97 Å². The van der Waals surface area contributed by atoms with Gasteiger partial charge >= 0.3 is 12.1 Å². The zero-order valence-corrected chi connectivity index (χ0v) is 21.7. The van der Waals surface area contributed by atoms with E-state index in [1.807, 2.05) is 25.1 Å². The number of rotatable bonds is 6. The summed E-state index contributed by atoms with van der Waals surface area (Å²) in [5.41, 5.74) is 4.40. The van der Waals surface area contributed by atoms with Gasteiger partial charge in [-0.1, -0.05) is 29.8 Å². The van der Waals surface area contributed by atoms with Gasteiger partial charge in [-0.2, -0.15) is 18.3 Å². The molecule has 5 rings (SSSR count). The topological polar surface area (TPSA) is 80.5 Å². The van der Waals surface area contributed by atoms with Crippen LogP contribution in [0.5, 0.6) is 5.75 Å². The van der Waals surface area contributed by atoms with E-state index in [0.29, 0.717) is 34.5 Å². The summed E-state index contributed by atoms with van der Waals surface area (Å²) in [5, 5.41) is 12.9. The highest BCUT2D eigenvalue weighted by molar-refractivity contribution is 5.89. The Morgan fingerprint density at radius 1 is 1.10 bits per heavy atom. The van der Waals surface area contributed by atoms with Crippen LogP contribution in [0.1, 0.15) is 43.9 Å². The second-order valence-corrected chi connectivity index (χ2v) is 9.83. The molecule has 2 aromatic carbocycles. The Hall–Kier alpha value is -4.18. The summed E-state index contributed by atoms with van der Waals surface area (Å²) in [4.78, 5) is 18.1. The van der Waals surface area contributed by atoms with Gasteiger partial charge in [0.2, 0.25) is 0 Å². The molecule has 7 nitrogen and oxygen atoms in total. The Balaban J connectivity index is 1.49. The molecule has 0 saturated heterocycles. The number of carboxylic acids is 1. The Kier molecular flexibility index (Phi) is 6.90. The molecule has 2 aromatic heterocycles. The third-order valence-corrected chi connectivity index (χ3v) is 6.88. The van der Waals surface area contributed by atoms with Gasteiger partial charge in [-0.05, 0) is 73.8 Å². The number of hydrogen-bond donors (Lipinski definition) is 1. The molecule has 0 aliphatic carbocycles. The molecule has 0 radical (unpaired) electrons. The number of likely N-dealkylation sites (N-methyl/N-ethyl adjacent to an activating group) is 1. The Morgan fingerprint density at radius 2 is 1.90 bits per heavy atom. The third-order valence-electron chi connectivity index (χ3n) is 6.88. The van der Waals surface area contributed by atoms with Gasteiger partial charge in [-0.15, -0.1) is 0 Å². The zero-order chi connectivity index (χ0) is 27.9. The summed E-state index contributed by atoms with van der Waals surface area (Å²) in [5.74, 6) is -1.34. The van der Waals surface area contributed by atoms with Crippen LogP contribution in [0, 0.1) is 13.8 Å². The molecule has 0 spiro atoms. The number of pyridine rings is 1. The van der Waals surface area contributed by atoms with Crippen molar-refractivity contribution in [1.29, 1.82) is 0 Å². The molecule has 4 aromatic rings. The van der Waals surface area contributed by atoms with Crippen LogP contribution in [-0.2, 0) is 25.7 Å². The third kappa shape index (κ3) is 5.37. The largest absolute Gasteiger partial charge is 0.488 e. The number of benzene rings is 2. The van der Waals surface area contributed by atoms with Crippen molar-refractivity contribution in [3.05, 3.63) is 93.8 Å². The summed E-state index contributed by atoms with van der Waals surface area (Å²) in [6.07, 6.45) is -3.29. The summed E-state index contributed by atoms with van der Waals surface area (Å²) in [7, 11) is 2.11. The number of aromatic nitrogens is 3. The highest BCUT2D eigenvalue weighted by atomic mass is 19.4. The van der Waals surface area contributed by atoms with E-state index in [4.69, 9.17) is 4.74 Å². The molecular weight excluding hydrogens is 509 g/mol. The normalized spacial score (nSPS) is 13.8. The van der Waals surface area contributed by atoms with E-state index in [1.165, 1.54) is 17.2 Å². The Morgan fingerprint density at radius 3 is 2.64 bits per heavy atom. The van der Waals surface area contributed by atoms with Crippen molar-refractivity contribution in [2.24, 2.45) is 0 Å². The van der Waals surface area contributed by atoms with E-state index in [0.717, 1.165) is 36.2 Å². The zero-order valence-electron chi connectivity index (χ0n) is 21.7. The van der Waals surface area contributed by atoms with Crippen molar-refractivity contribution in [3.63, 3.8) is 0 Å². The van der Waals surface area contributed by atoms with Gasteiger partial charge in [-0.25, -0.2) is 14.5 Å². The molecule has 0 saturated carbocycles. The average Bonchev–Trinajstić information content (AvgIpc) is 3.35. The van der Waals surface area contributed by atoms with Crippen LogP contribution >= 0.6 is 0 Å². The molecule has 1 N–H and O–H groups in total. The van der Waals surface area contributed by atoms with Gasteiger partial charge in [0.15, 0.2) is 11.5 Å². The van der Waals surface area contributed by atoms with Crippen molar-refractivity contribution in [3.8, 4) is 22.8 Å². The fraction of sp³-hybridized carbons (Fsp3) is 0.276. The SMILES string of the molecule is Cc1ccc(OCc2cc3c(cc2C)CN(C)CC3)c(-c2cccc(-n3ncc(C(=O)O)c3C(F)(F)F)n2)c1. The quantitative estimate of drug-likeness (QED) is 0.334. The summed E-state index contributed by atoms with van der Waals surface area (Å²) in [6, 6.07) is 14.5.